The van der Waals surface area contributed by atoms with Crippen LogP contribution in [-0.4, -0.2) is 47.1 Å². The molecular weight excluding hydrogens is 318 g/mol. The first-order chi connectivity index (χ1) is 11.9. The van der Waals surface area contributed by atoms with Gasteiger partial charge in [0.2, 0.25) is 0 Å². The Labute approximate surface area is 148 Å². The smallest absolute Gasteiger partial charge is 0.313 e. The highest BCUT2D eigenvalue weighted by Gasteiger charge is 2.20. The Bertz CT molecular complexity index is 739. The summed E-state index contributed by atoms with van der Waals surface area (Å²) in [6.45, 7) is 2.32. The van der Waals surface area contributed by atoms with Crippen LogP contribution in [0.4, 0.5) is 5.69 Å². The monoisotopic (exact) mass is 343 g/mol. The fourth-order valence-corrected chi connectivity index (χ4v) is 2.61. The van der Waals surface area contributed by atoms with Crippen LogP contribution in [0.1, 0.15) is 24.1 Å². The highest BCUT2D eigenvalue weighted by Crippen LogP contribution is 2.17. The molecule has 0 radical (unpaired) electrons. The molecule has 2 rings (SSSR count). The molecule has 0 saturated heterocycles. The summed E-state index contributed by atoms with van der Waals surface area (Å²) in [4.78, 5) is 26.3. The molecule has 134 valence electrons. The molecule has 2 aromatic rings. The molecule has 2 amide bonds. The standard InChI is InChI=1S/C18H25N5O2/c1-5-13-8-6-7-9-15(13)21-18(25)17(24)19-11-16(22(2)3)14-10-20-23(4)12-14/h6-10,12,16H,5,11H2,1-4H3,(H,19,24)(H,21,25). The molecule has 1 heterocycles. The van der Waals surface area contributed by atoms with E-state index in [0.717, 1.165) is 17.5 Å². The molecule has 7 heteroatoms. The molecule has 1 aromatic heterocycles. The van der Waals surface area contributed by atoms with Crippen molar-refractivity contribution in [3.8, 4) is 0 Å². The molecule has 1 unspecified atom stereocenters. The second-order valence-corrected chi connectivity index (χ2v) is 6.10. The van der Waals surface area contributed by atoms with E-state index in [1.165, 1.54) is 0 Å². The van der Waals surface area contributed by atoms with Gasteiger partial charge in [-0.15, -0.1) is 0 Å². The fourth-order valence-electron chi connectivity index (χ4n) is 2.61. The molecule has 0 aliphatic carbocycles. The van der Waals surface area contributed by atoms with Gasteiger partial charge in [0.25, 0.3) is 0 Å². The van der Waals surface area contributed by atoms with E-state index in [-0.39, 0.29) is 6.04 Å². The molecule has 0 spiro atoms. The quantitative estimate of drug-likeness (QED) is 0.776. The molecule has 7 nitrogen and oxygen atoms in total. The van der Waals surface area contributed by atoms with Crippen LogP contribution in [0.3, 0.4) is 0 Å². The van der Waals surface area contributed by atoms with Gasteiger partial charge in [0.05, 0.1) is 12.2 Å². The number of carbonyl (C=O) groups is 2. The summed E-state index contributed by atoms with van der Waals surface area (Å²) in [5.41, 5.74) is 2.64. The van der Waals surface area contributed by atoms with Gasteiger partial charge in [-0.05, 0) is 32.1 Å². The normalized spacial score (nSPS) is 12.0. The lowest BCUT2D eigenvalue weighted by atomic mass is 10.1. The number of nitrogens with one attached hydrogen (secondary N) is 2. The summed E-state index contributed by atoms with van der Waals surface area (Å²) < 4.78 is 1.71. The highest BCUT2D eigenvalue weighted by molar-refractivity contribution is 6.39. The second-order valence-electron chi connectivity index (χ2n) is 6.10. The van der Waals surface area contributed by atoms with E-state index in [4.69, 9.17) is 0 Å². The fraction of sp³-hybridized carbons (Fsp3) is 0.389. The predicted octanol–water partition coefficient (Wildman–Crippen LogP) is 1.34. The van der Waals surface area contributed by atoms with E-state index in [9.17, 15) is 9.59 Å². The number of hydrogen-bond acceptors (Lipinski definition) is 4. The van der Waals surface area contributed by atoms with Gasteiger partial charge in [0, 0.05) is 31.0 Å². The summed E-state index contributed by atoms with van der Waals surface area (Å²) in [6, 6.07) is 7.40. The van der Waals surface area contributed by atoms with Gasteiger partial charge in [0.15, 0.2) is 0 Å². The zero-order chi connectivity index (χ0) is 18.4. The summed E-state index contributed by atoms with van der Waals surface area (Å²) in [5, 5.41) is 9.53. The van der Waals surface area contributed by atoms with Gasteiger partial charge in [-0.2, -0.15) is 5.10 Å². The van der Waals surface area contributed by atoms with E-state index < -0.39 is 11.8 Å². The van der Waals surface area contributed by atoms with Crippen molar-refractivity contribution in [2.24, 2.45) is 7.05 Å². The van der Waals surface area contributed by atoms with Crippen LogP contribution in [0.25, 0.3) is 0 Å². The largest absolute Gasteiger partial charge is 0.346 e. The summed E-state index contributed by atoms with van der Waals surface area (Å²) in [7, 11) is 5.68. The van der Waals surface area contributed by atoms with Crippen molar-refractivity contribution in [2.75, 3.05) is 26.0 Å². The van der Waals surface area contributed by atoms with Crippen molar-refractivity contribution in [3.63, 3.8) is 0 Å². The van der Waals surface area contributed by atoms with Crippen molar-refractivity contribution in [3.05, 3.63) is 47.8 Å². The lowest BCUT2D eigenvalue weighted by molar-refractivity contribution is -0.136. The number of aryl methyl sites for hydroxylation is 2. The number of para-hydroxylation sites is 1. The van der Waals surface area contributed by atoms with Crippen LogP contribution < -0.4 is 10.6 Å². The third-order valence-electron chi connectivity index (χ3n) is 4.04. The number of likely N-dealkylation sites (N-methyl/N-ethyl adjacent to an activating group) is 1. The molecule has 1 aromatic carbocycles. The van der Waals surface area contributed by atoms with Crippen molar-refractivity contribution in [1.82, 2.24) is 20.0 Å². The Morgan fingerprint density at radius 3 is 2.56 bits per heavy atom. The van der Waals surface area contributed by atoms with E-state index in [0.29, 0.717) is 12.2 Å². The Morgan fingerprint density at radius 1 is 1.24 bits per heavy atom. The lowest BCUT2D eigenvalue weighted by Gasteiger charge is -2.23. The van der Waals surface area contributed by atoms with E-state index >= 15 is 0 Å². The zero-order valence-electron chi connectivity index (χ0n) is 15.1. The SMILES string of the molecule is CCc1ccccc1NC(=O)C(=O)NCC(c1cnn(C)c1)N(C)C. The number of anilines is 1. The van der Waals surface area contributed by atoms with Crippen LogP contribution in [0.2, 0.25) is 0 Å². The topological polar surface area (TPSA) is 79.3 Å². The number of hydrogen-bond donors (Lipinski definition) is 2. The lowest BCUT2D eigenvalue weighted by Crippen LogP contribution is -2.40. The maximum Gasteiger partial charge on any atom is 0.313 e. The number of benzene rings is 1. The zero-order valence-corrected chi connectivity index (χ0v) is 15.1. The molecule has 2 N–H and O–H groups in total. The third kappa shape index (κ3) is 4.90. The van der Waals surface area contributed by atoms with Crippen LogP contribution >= 0.6 is 0 Å². The number of nitrogens with zero attached hydrogens (tertiary/aromatic N) is 3. The maximum atomic E-state index is 12.2. The molecule has 0 aliphatic rings. The molecular formula is C18H25N5O2. The number of rotatable bonds is 6. The first-order valence-corrected chi connectivity index (χ1v) is 8.24. The Hall–Kier alpha value is -2.67. The van der Waals surface area contributed by atoms with Crippen molar-refractivity contribution < 1.29 is 9.59 Å². The Kier molecular flexibility index (Phi) is 6.30. The predicted molar refractivity (Wildman–Crippen MR) is 97.1 cm³/mol. The van der Waals surface area contributed by atoms with Gasteiger partial charge in [0.1, 0.15) is 0 Å². The number of amides is 2. The first-order valence-electron chi connectivity index (χ1n) is 8.24. The Morgan fingerprint density at radius 2 is 1.96 bits per heavy atom. The van der Waals surface area contributed by atoms with Gasteiger partial charge in [-0.3, -0.25) is 14.3 Å². The maximum absolute atomic E-state index is 12.2. The van der Waals surface area contributed by atoms with Crippen molar-refractivity contribution in [2.45, 2.75) is 19.4 Å². The van der Waals surface area contributed by atoms with E-state index in [2.05, 4.69) is 15.7 Å². The molecule has 0 bridgehead atoms. The van der Waals surface area contributed by atoms with Crippen molar-refractivity contribution >= 4 is 17.5 Å². The number of aromatic nitrogens is 2. The third-order valence-corrected chi connectivity index (χ3v) is 4.04. The molecule has 0 aliphatic heterocycles. The molecule has 1 atom stereocenters. The van der Waals surface area contributed by atoms with Gasteiger partial charge >= 0.3 is 11.8 Å². The van der Waals surface area contributed by atoms with Crippen LogP contribution in [-0.2, 0) is 23.1 Å². The summed E-state index contributed by atoms with van der Waals surface area (Å²) >= 11 is 0. The van der Waals surface area contributed by atoms with E-state index in [1.807, 2.05) is 57.4 Å². The molecule has 25 heavy (non-hydrogen) atoms. The van der Waals surface area contributed by atoms with Gasteiger partial charge < -0.3 is 15.5 Å². The van der Waals surface area contributed by atoms with Crippen LogP contribution in [0.15, 0.2) is 36.7 Å². The highest BCUT2D eigenvalue weighted by atomic mass is 16.2. The van der Waals surface area contributed by atoms with Gasteiger partial charge in [-0.1, -0.05) is 25.1 Å². The molecule has 0 saturated carbocycles. The average molecular weight is 343 g/mol. The minimum Gasteiger partial charge on any atom is -0.346 e. The number of carbonyl (C=O) groups excluding carboxylic acids is 2. The van der Waals surface area contributed by atoms with Crippen LogP contribution in [0.5, 0.6) is 0 Å². The van der Waals surface area contributed by atoms with E-state index in [1.54, 1.807) is 16.9 Å². The van der Waals surface area contributed by atoms with Crippen LogP contribution in [0, 0.1) is 0 Å². The first kappa shape index (κ1) is 18.7. The second kappa shape index (κ2) is 8.43. The minimum absolute atomic E-state index is 0.0617. The Balaban J connectivity index is 1.97. The average Bonchev–Trinajstić information content (AvgIpc) is 3.01. The summed E-state index contributed by atoms with van der Waals surface area (Å²) in [5.74, 6) is -1.31. The summed E-state index contributed by atoms with van der Waals surface area (Å²) in [6.07, 6.45) is 4.44. The molecule has 0 fully saturated rings. The minimum atomic E-state index is -0.662. The van der Waals surface area contributed by atoms with Crippen molar-refractivity contribution in [1.29, 1.82) is 0 Å². The van der Waals surface area contributed by atoms with Gasteiger partial charge in [-0.25, -0.2) is 0 Å².